The van der Waals surface area contributed by atoms with Crippen LogP contribution in [0, 0.1) is 5.82 Å². The number of carbonyl (C=O) groups excluding carboxylic acids is 2. The zero-order valence-corrected chi connectivity index (χ0v) is 14.5. The number of benzene rings is 1. The van der Waals surface area contributed by atoms with Gasteiger partial charge in [0.2, 0.25) is 5.91 Å². The number of nitrogens with zero attached hydrogens (tertiary/aromatic N) is 2. The molecule has 0 fully saturated rings. The first-order valence-corrected chi connectivity index (χ1v) is 7.73. The Morgan fingerprint density at radius 3 is 2.60 bits per heavy atom. The van der Waals surface area contributed by atoms with E-state index in [1.54, 1.807) is 44.7 Å². The van der Waals surface area contributed by atoms with Crippen LogP contribution in [0.1, 0.15) is 33.7 Å². The molecule has 0 aliphatic heterocycles. The van der Waals surface area contributed by atoms with Crippen LogP contribution in [0.5, 0.6) is 0 Å². The molecule has 0 aliphatic carbocycles. The summed E-state index contributed by atoms with van der Waals surface area (Å²) in [5, 5.41) is 5.01. The van der Waals surface area contributed by atoms with Crippen molar-refractivity contribution in [3.05, 3.63) is 42.7 Å². The average molecular weight is 348 g/mol. The summed E-state index contributed by atoms with van der Waals surface area (Å²) in [4.78, 5) is 27.9. The van der Waals surface area contributed by atoms with Crippen LogP contribution in [0.3, 0.4) is 0 Å². The minimum absolute atomic E-state index is 0.0812. The summed E-state index contributed by atoms with van der Waals surface area (Å²) in [6, 6.07) is 3.41. The van der Waals surface area contributed by atoms with Gasteiger partial charge in [-0.05, 0) is 45.9 Å². The highest BCUT2D eigenvalue weighted by Crippen LogP contribution is 2.21. The lowest BCUT2D eigenvalue weighted by atomic mass is 10.2. The van der Waals surface area contributed by atoms with Crippen molar-refractivity contribution in [2.75, 3.05) is 10.6 Å². The first-order valence-electron chi connectivity index (χ1n) is 7.73. The topological polar surface area (TPSA) is 85.3 Å². The number of halogens is 1. The zero-order chi connectivity index (χ0) is 18.6. The predicted octanol–water partition coefficient (Wildman–Crippen LogP) is 3.57. The third-order valence-corrected chi connectivity index (χ3v) is 3.22. The molecule has 2 N–H and O–H groups in total. The SMILES string of the molecule is C[C@H](C(=O)Nc1ccc(F)c(NC(=O)OC(C)(C)C)c1)n1ccnc1. The number of ether oxygens (including phenoxy) is 1. The maximum absolute atomic E-state index is 13.9. The van der Waals surface area contributed by atoms with Gasteiger partial charge in [0.05, 0.1) is 12.0 Å². The number of imidazole rings is 1. The molecule has 2 amide bonds. The van der Waals surface area contributed by atoms with Gasteiger partial charge in [-0.25, -0.2) is 14.2 Å². The lowest BCUT2D eigenvalue weighted by Crippen LogP contribution is -2.27. The number of hydrogen-bond acceptors (Lipinski definition) is 4. The van der Waals surface area contributed by atoms with E-state index in [1.165, 1.54) is 18.5 Å². The molecule has 2 aromatic rings. The van der Waals surface area contributed by atoms with Gasteiger partial charge in [-0.15, -0.1) is 0 Å². The highest BCUT2D eigenvalue weighted by atomic mass is 19.1. The Balaban J connectivity index is 2.08. The monoisotopic (exact) mass is 348 g/mol. The van der Waals surface area contributed by atoms with Crippen LogP contribution in [-0.4, -0.2) is 27.2 Å². The molecule has 0 saturated carbocycles. The Hall–Kier alpha value is -2.90. The second-order valence-electron chi connectivity index (χ2n) is 6.50. The highest BCUT2D eigenvalue weighted by Gasteiger charge is 2.18. The van der Waals surface area contributed by atoms with Gasteiger partial charge in [-0.1, -0.05) is 0 Å². The van der Waals surface area contributed by atoms with E-state index >= 15 is 0 Å². The van der Waals surface area contributed by atoms with Crippen molar-refractivity contribution >= 4 is 23.4 Å². The number of amides is 2. The van der Waals surface area contributed by atoms with Crippen molar-refractivity contribution < 1.29 is 18.7 Å². The summed E-state index contributed by atoms with van der Waals surface area (Å²) in [7, 11) is 0. The van der Waals surface area contributed by atoms with Gasteiger partial charge in [0.1, 0.15) is 17.5 Å². The molecule has 134 valence electrons. The molecule has 25 heavy (non-hydrogen) atoms. The number of aromatic nitrogens is 2. The molecule has 1 heterocycles. The van der Waals surface area contributed by atoms with Crippen molar-refractivity contribution in [3.8, 4) is 0 Å². The molecule has 1 aromatic heterocycles. The van der Waals surface area contributed by atoms with Crippen LogP contribution in [0.25, 0.3) is 0 Å². The summed E-state index contributed by atoms with van der Waals surface area (Å²) in [6.07, 6.45) is 4.00. The first kappa shape index (κ1) is 18.4. The van der Waals surface area contributed by atoms with Crippen molar-refractivity contribution in [2.24, 2.45) is 0 Å². The van der Waals surface area contributed by atoms with Crippen LogP contribution >= 0.6 is 0 Å². The fourth-order valence-corrected chi connectivity index (χ4v) is 1.99. The van der Waals surface area contributed by atoms with E-state index in [1.807, 2.05) is 0 Å². The number of rotatable bonds is 4. The Kier molecular flexibility index (Phi) is 5.41. The van der Waals surface area contributed by atoms with Gasteiger partial charge in [-0.3, -0.25) is 10.1 Å². The maximum Gasteiger partial charge on any atom is 0.412 e. The van der Waals surface area contributed by atoms with E-state index in [0.29, 0.717) is 5.69 Å². The Morgan fingerprint density at radius 1 is 1.28 bits per heavy atom. The minimum atomic E-state index is -0.776. The molecule has 8 heteroatoms. The summed E-state index contributed by atoms with van der Waals surface area (Å²) >= 11 is 0. The largest absolute Gasteiger partial charge is 0.444 e. The third kappa shape index (κ3) is 5.30. The van der Waals surface area contributed by atoms with Crippen molar-refractivity contribution in [2.45, 2.75) is 39.3 Å². The van der Waals surface area contributed by atoms with Gasteiger partial charge in [0.15, 0.2) is 0 Å². The fourth-order valence-electron chi connectivity index (χ4n) is 1.99. The molecule has 7 nitrogen and oxygen atoms in total. The van der Waals surface area contributed by atoms with E-state index < -0.39 is 23.6 Å². The number of nitrogens with one attached hydrogen (secondary N) is 2. The standard InChI is InChI=1S/C17H21FN4O3/c1-11(22-8-7-19-10-22)15(23)20-12-5-6-13(18)14(9-12)21-16(24)25-17(2,3)4/h5-11H,1-4H3,(H,20,23)(H,21,24)/t11-/m1/s1. The van der Waals surface area contributed by atoms with E-state index in [0.717, 1.165) is 6.07 Å². The van der Waals surface area contributed by atoms with Gasteiger partial charge in [0.25, 0.3) is 0 Å². The number of carbonyl (C=O) groups is 2. The summed E-state index contributed by atoms with van der Waals surface area (Å²) in [6.45, 7) is 6.83. The molecule has 0 spiro atoms. The van der Waals surface area contributed by atoms with Crippen LogP contribution in [0.15, 0.2) is 36.9 Å². The Labute approximate surface area is 145 Å². The molecule has 0 bridgehead atoms. The smallest absolute Gasteiger partial charge is 0.412 e. The quantitative estimate of drug-likeness (QED) is 0.884. The second-order valence-corrected chi connectivity index (χ2v) is 6.50. The van der Waals surface area contributed by atoms with E-state index in [2.05, 4.69) is 15.6 Å². The normalized spacial score (nSPS) is 12.4. The number of anilines is 2. The molecule has 1 aromatic carbocycles. The van der Waals surface area contributed by atoms with Crippen LogP contribution in [0.4, 0.5) is 20.6 Å². The molecule has 0 radical (unpaired) electrons. The predicted molar refractivity (Wildman–Crippen MR) is 91.8 cm³/mol. The fraction of sp³-hybridized carbons (Fsp3) is 0.353. The second kappa shape index (κ2) is 7.33. The van der Waals surface area contributed by atoms with Crippen molar-refractivity contribution in [1.29, 1.82) is 0 Å². The average Bonchev–Trinajstić information content (AvgIpc) is 3.02. The molecule has 0 aliphatic rings. The third-order valence-electron chi connectivity index (χ3n) is 3.22. The van der Waals surface area contributed by atoms with Crippen molar-refractivity contribution in [3.63, 3.8) is 0 Å². The van der Waals surface area contributed by atoms with Gasteiger partial charge in [0, 0.05) is 18.1 Å². The van der Waals surface area contributed by atoms with E-state index in [-0.39, 0.29) is 11.6 Å². The van der Waals surface area contributed by atoms with Crippen LogP contribution in [0.2, 0.25) is 0 Å². The maximum atomic E-state index is 13.9. The molecule has 1 atom stereocenters. The lowest BCUT2D eigenvalue weighted by Gasteiger charge is -2.20. The van der Waals surface area contributed by atoms with Crippen LogP contribution in [-0.2, 0) is 9.53 Å². The molecular formula is C17H21FN4O3. The Morgan fingerprint density at radius 2 is 2.00 bits per heavy atom. The zero-order valence-electron chi connectivity index (χ0n) is 14.5. The van der Waals surface area contributed by atoms with Gasteiger partial charge in [-0.2, -0.15) is 0 Å². The summed E-state index contributed by atoms with van der Waals surface area (Å²) in [5.74, 6) is -0.931. The van der Waals surface area contributed by atoms with E-state index in [4.69, 9.17) is 4.74 Å². The summed E-state index contributed by atoms with van der Waals surface area (Å²) in [5.41, 5.74) is -0.432. The molecule has 0 unspecified atom stereocenters. The highest BCUT2D eigenvalue weighted by molar-refractivity contribution is 5.94. The summed E-state index contributed by atoms with van der Waals surface area (Å²) < 4.78 is 20.6. The molecular weight excluding hydrogens is 327 g/mol. The van der Waals surface area contributed by atoms with Crippen LogP contribution < -0.4 is 10.6 Å². The van der Waals surface area contributed by atoms with Gasteiger partial charge < -0.3 is 14.6 Å². The van der Waals surface area contributed by atoms with Crippen molar-refractivity contribution in [1.82, 2.24) is 9.55 Å². The van der Waals surface area contributed by atoms with E-state index in [9.17, 15) is 14.0 Å². The molecule has 0 saturated heterocycles. The Bertz CT molecular complexity index is 754. The lowest BCUT2D eigenvalue weighted by molar-refractivity contribution is -0.118. The number of hydrogen-bond donors (Lipinski definition) is 2. The first-order chi connectivity index (χ1) is 11.7. The molecule has 2 rings (SSSR count). The minimum Gasteiger partial charge on any atom is -0.444 e. The van der Waals surface area contributed by atoms with Gasteiger partial charge >= 0.3 is 6.09 Å².